The Labute approximate surface area is 123 Å². The largest absolute Gasteiger partial charge is 0.398 e. The number of hydrogen-bond donors (Lipinski definition) is 1. The molecule has 108 valence electrons. The average molecular weight is 310 g/mol. The molecule has 4 nitrogen and oxygen atoms in total. The van der Waals surface area contributed by atoms with Gasteiger partial charge in [-0.2, -0.15) is 4.31 Å². The SMILES string of the molecule is Cc1ccsc1CN(C)S(=O)(=O)Cc1ccccc1N. The first-order valence-electron chi connectivity index (χ1n) is 6.20. The second-order valence-electron chi connectivity index (χ2n) is 4.74. The Hall–Kier alpha value is -1.37. The van der Waals surface area contributed by atoms with Gasteiger partial charge in [0.25, 0.3) is 0 Å². The van der Waals surface area contributed by atoms with Crippen molar-refractivity contribution in [2.75, 3.05) is 12.8 Å². The van der Waals surface area contributed by atoms with Gasteiger partial charge in [-0.25, -0.2) is 8.42 Å². The number of benzene rings is 1. The quantitative estimate of drug-likeness (QED) is 0.863. The number of thiophene rings is 1. The summed E-state index contributed by atoms with van der Waals surface area (Å²) >= 11 is 1.57. The third kappa shape index (κ3) is 3.39. The van der Waals surface area contributed by atoms with Crippen molar-refractivity contribution in [2.24, 2.45) is 0 Å². The van der Waals surface area contributed by atoms with Crippen molar-refractivity contribution in [1.29, 1.82) is 0 Å². The summed E-state index contributed by atoms with van der Waals surface area (Å²) in [6, 6.07) is 9.05. The van der Waals surface area contributed by atoms with Gasteiger partial charge in [0.05, 0.1) is 5.75 Å². The lowest BCUT2D eigenvalue weighted by atomic mass is 10.2. The molecule has 2 rings (SSSR count). The number of anilines is 1. The minimum Gasteiger partial charge on any atom is -0.398 e. The highest BCUT2D eigenvalue weighted by Gasteiger charge is 2.20. The summed E-state index contributed by atoms with van der Waals surface area (Å²) in [7, 11) is -1.76. The van der Waals surface area contributed by atoms with Crippen LogP contribution in [0.15, 0.2) is 35.7 Å². The van der Waals surface area contributed by atoms with Gasteiger partial charge in [-0.05, 0) is 35.6 Å². The summed E-state index contributed by atoms with van der Waals surface area (Å²) in [4.78, 5) is 1.07. The summed E-state index contributed by atoms with van der Waals surface area (Å²) in [6.45, 7) is 2.39. The van der Waals surface area contributed by atoms with E-state index in [-0.39, 0.29) is 5.75 Å². The lowest BCUT2D eigenvalue weighted by Crippen LogP contribution is -2.27. The predicted molar refractivity (Wildman–Crippen MR) is 84.0 cm³/mol. The fourth-order valence-electron chi connectivity index (χ4n) is 1.84. The van der Waals surface area contributed by atoms with Gasteiger partial charge >= 0.3 is 0 Å². The zero-order valence-corrected chi connectivity index (χ0v) is 13.2. The zero-order valence-electron chi connectivity index (χ0n) is 11.5. The van der Waals surface area contributed by atoms with Crippen LogP contribution in [0.25, 0.3) is 0 Å². The molecule has 6 heteroatoms. The van der Waals surface area contributed by atoms with Crippen molar-refractivity contribution in [1.82, 2.24) is 4.31 Å². The Bertz CT molecular complexity index is 693. The van der Waals surface area contributed by atoms with Crippen LogP contribution < -0.4 is 5.73 Å². The van der Waals surface area contributed by atoms with E-state index in [4.69, 9.17) is 5.73 Å². The maximum atomic E-state index is 12.4. The summed E-state index contributed by atoms with van der Waals surface area (Å²) in [5.41, 5.74) is 8.08. The highest BCUT2D eigenvalue weighted by atomic mass is 32.2. The first kappa shape index (κ1) is 15.0. The van der Waals surface area contributed by atoms with Crippen LogP contribution in [0.2, 0.25) is 0 Å². The van der Waals surface area contributed by atoms with Crippen molar-refractivity contribution in [3.8, 4) is 0 Å². The van der Waals surface area contributed by atoms with Crippen LogP contribution in [0.4, 0.5) is 5.69 Å². The Morgan fingerprint density at radius 3 is 2.55 bits per heavy atom. The molecule has 2 N–H and O–H groups in total. The van der Waals surface area contributed by atoms with Crippen molar-refractivity contribution in [2.45, 2.75) is 19.2 Å². The Balaban J connectivity index is 2.14. The van der Waals surface area contributed by atoms with Gasteiger partial charge in [0.2, 0.25) is 10.0 Å². The number of sulfonamides is 1. The molecule has 0 atom stereocenters. The maximum absolute atomic E-state index is 12.4. The van der Waals surface area contributed by atoms with E-state index in [1.807, 2.05) is 18.4 Å². The topological polar surface area (TPSA) is 63.4 Å². The monoisotopic (exact) mass is 310 g/mol. The molecule has 0 aliphatic rings. The second-order valence-corrected chi connectivity index (χ2v) is 7.81. The molecule has 0 unspecified atom stereocenters. The summed E-state index contributed by atoms with van der Waals surface area (Å²) < 4.78 is 26.1. The fourth-order valence-corrected chi connectivity index (χ4v) is 4.08. The number of hydrogen-bond acceptors (Lipinski definition) is 4. The van der Waals surface area contributed by atoms with E-state index < -0.39 is 10.0 Å². The molecule has 1 aromatic heterocycles. The van der Waals surface area contributed by atoms with Gasteiger partial charge < -0.3 is 5.73 Å². The van der Waals surface area contributed by atoms with Gasteiger partial charge in [0.15, 0.2) is 0 Å². The molecule has 0 aliphatic carbocycles. The van der Waals surface area contributed by atoms with Crippen LogP contribution in [0.3, 0.4) is 0 Å². The first-order valence-corrected chi connectivity index (χ1v) is 8.69. The first-order chi connectivity index (χ1) is 9.40. The fraction of sp³-hybridized carbons (Fsp3) is 0.286. The van der Waals surface area contributed by atoms with Crippen LogP contribution in [-0.4, -0.2) is 19.8 Å². The third-order valence-corrected chi connectivity index (χ3v) is 5.96. The lowest BCUT2D eigenvalue weighted by Gasteiger charge is -2.17. The molecule has 0 bridgehead atoms. The molecule has 1 aromatic carbocycles. The minimum atomic E-state index is -3.37. The van der Waals surface area contributed by atoms with Crippen molar-refractivity contribution in [3.63, 3.8) is 0 Å². The van der Waals surface area contributed by atoms with Crippen LogP contribution in [0.5, 0.6) is 0 Å². The van der Waals surface area contributed by atoms with E-state index in [9.17, 15) is 8.42 Å². The molecule has 0 radical (unpaired) electrons. The molecule has 20 heavy (non-hydrogen) atoms. The van der Waals surface area contributed by atoms with Crippen molar-refractivity contribution >= 4 is 27.0 Å². The predicted octanol–water partition coefficient (Wildman–Crippen LogP) is 2.60. The van der Waals surface area contributed by atoms with Gasteiger partial charge in [0.1, 0.15) is 0 Å². The molecule has 0 fully saturated rings. The average Bonchev–Trinajstić information content (AvgIpc) is 2.78. The van der Waals surface area contributed by atoms with E-state index in [0.29, 0.717) is 17.8 Å². The number of nitrogen functional groups attached to an aromatic ring is 1. The summed E-state index contributed by atoms with van der Waals surface area (Å²) in [6.07, 6.45) is 0. The molecule has 0 amide bonds. The zero-order chi connectivity index (χ0) is 14.8. The van der Waals surface area contributed by atoms with Crippen LogP contribution in [0, 0.1) is 6.92 Å². The number of rotatable bonds is 5. The Morgan fingerprint density at radius 2 is 1.95 bits per heavy atom. The molecule has 0 spiro atoms. The molecule has 2 aromatic rings. The molecule has 0 aliphatic heterocycles. The van der Waals surface area contributed by atoms with E-state index in [1.165, 1.54) is 4.31 Å². The third-order valence-electron chi connectivity index (χ3n) is 3.20. The summed E-state index contributed by atoms with van der Waals surface area (Å²) in [5, 5.41) is 1.97. The number of nitrogens with two attached hydrogens (primary N) is 1. The lowest BCUT2D eigenvalue weighted by molar-refractivity contribution is 0.468. The van der Waals surface area contributed by atoms with Gasteiger partial charge in [-0.15, -0.1) is 11.3 Å². The normalized spacial score (nSPS) is 11.9. The molecule has 0 saturated heterocycles. The molecule has 0 saturated carbocycles. The minimum absolute atomic E-state index is 0.0689. The highest BCUT2D eigenvalue weighted by Crippen LogP contribution is 2.21. The summed E-state index contributed by atoms with van der Waals surface area (Å²) in [5.74, 6) is -0.0689. The van der Waals surface area contributed by atoms with Gasteiger partial charge in [-0.3, -0.25) is 0 Å². The van der Waals surface area contributed by atoms with Gasteiger partial charge in [-0.1, -0.05) is 18.2 Å². The second kappa shape index (κ2) is 5.95. The van der Waals surface area contributed by atoms with Crippen molar-refractivity contribution in [3.05, 3.63) is 51.7 Å². The Morgan fingerprint density at radius 1 is 1.25 bits per heavy atom. The Kier molecular flexibility index (Phi) is 4.47. The van der Waals surface area contributed by atoms with E-state index >= 15 is 0 Å². The number of para-hydroxylation sites is 1. The molecular formula is C14H18N2O2S2. The molecule has 1 heterocycles. The molecular weight excluding hydrogens is 292 g/mol. The van der Waals surface area contributed by atoms with E-state index in [0.717, 1.165) is 10.4 Å². The smallest absolute Gasteiger partial charge is 0.218 e. The van der Waals surface area contributed by atoms with Crippen LogP contribution in [-0.2, 0) is 22.3 Å². The maximum Gasteiger partial charge on any atom is 0.218 e. The van der Waals surface area contributed by atoms with Crippen molar-refractivity contribution < 1.29 is 8.42 Å². The number of aryl methyl sites for hydroxylation is 1. The van der Waals surface area contributed by atoms with Gasteiger partial charge in [0, 0.05) is 24.2 Å². The van der Waals surface area contributed by atoms with E-state index in [1.54, 1.807) is 42.6 Å². The highest BCUT2D eigenvalue weighted by molar-refractivity contribution is 7.88. The number of nitrogens with zero attached hydrogens (tertiary/aromatic N) is 1. The van der Waals surface area contributed by atoms with Crippen LogP contribution in [0.1, 0.15) is 16.0 Å². The van der Waals surface area contributed by atoms with E-state index in [2.05, 4.69) is 0 Å². The standard InChI is InChI=1S/C14H18N2O2S2/c1-11-7-8-19-14(11)9-16(2)20(17,18)10-12-5-3-4-6-13(12)15/h3-8H,9-10,15H2,1-2H3. The van der Waals surface area contributed by atoms with Crippen LogP contribution >= 0.6 is 11.3 Å².